The van der Waals surface area contributed by atoms with Crippen LogP contribution in [0.15, 0.2) is 0 Å². The number of hydrogen-bond donors (Lipinski definition) is 2. The Morgan fingerprint density at radius 3 is 1.65 bits per heavy atom. The summed E-state index contributed by atoms with van der Waals surface area (Å²) in [6.07, 6.45) is 4.17. The van der Waals surface area contributed by atoms with Crippen LogP contribution >= 0.6 is 11.8 Å². The van der Waals surface area contributed by atoms with Gasteiger partial charge >= 0.3 is 0 Å². The van der Waals surface area contributed by atoms with E-state index in [0.717, 1.165) is 38.8 Å². The molecule has 4 nitrogen and oxygen atoms in total. The van der Waals surface area contributed by atoms with Crippen molar-refractivity contribution in [2.75, 3.05) is 24.6 Å². The topological polar surface area (TPSA) is 58.2 Å². The molecule has 0 rings (SSSR count). The molecule has 17 heavy (non-hydrogen) atoms. The first-order valence-electron chi connectivity index (χ1n) is 6.31. The summed E-state index contributed by atoms with van der Waals surface area (Å²) in [6.45, 7) is 5.64. The molecule has 0 radical (unpaired) electrons. The molecule has 2 amide bonds. The van der Waals surface area contributed by atoms with Gasteiger partial charge in [0.2, 0.25) is 11.8 Å². The van der Waals surface area contributed by atoms with Crippen molar-refractivity contribution in [1.82, 2.24) is 10.6 Å². The summed E-state index contributed by atoms with van der Waals surface area (Å²) in [5.74, 6) is 0.769. The summed E-state index contributed by atoms with van der Waals surface area (Å²) in [5.41, 5.74) is 0. The molecule has 5 heteroatoms. The molecule has 0 heterocycles. The maximum absolute atomic E-state index is 11.3. The van der Waals surface area contributed by atoms with Gasteiger partial charge in [-0.25, -0.2) is 0 Å². The SMILES string of the molecule is CCCCNC(=O)CSCC(=O)NCCCC. The predicted molar refractivity (Wildman–Crippen MR) is 73.2 cm³/mol. The monoisotopic (exact) mass is 260 g/mol. The first-order valence-corrected chi connectivity index (χ1v) is 7.47. The molecule has 2 N–H and O–H groups in total. The third-order valence-corrected chi connectivity index (χ3v) is 3.10. The van der Waals surface area contributed by atoms with Gasteiger partial charge < -0.3 is 10.6 Å². The normalized spacial score (nSPS) is 10.0. The van der Waals surface area contributed by atoms with Gasteiger partial charge in [0, 0.05) is 13.1 Å². The molecule has 0 saturated heterocycles. The standard InChI is InChI=1S/C12H24N2O2S/c1-3-5-7-13-11(15)9-17-10-12(16)14-8-6-4-2/h3-10H2,1-2H3,(H,13,15)(H,14,16). The third-order valence-electron chi connectivity index (χ3n) is 2.17. The van der Waals surface area contributed by atoms with E-state index in [1.807, 2.05) is 0 Å². The molecule has 0 bridgehead atoms. The first kappa shape index (κ1) is 16.3. The largest absolute Gasteiger partial charge is 0.355 e. The van der Waals surface area contributed by atoms with Crippen molar-refractivity contribution in [3.63, 3.8) is 0 Å². The van der Waals surface area contributed by atoms with Gasteiger partial charge in [-0.15, -0.1) is 11.8 Å². The second kappa shape index (κ2) is 11.8. The average molecular weight is 260 g/mol. The highest BCUT2D eigenvalue weighted by molar-refractivity contribution is 8.00. The van der Waals surface area contributed by atoms with Crippen LogP contribution in [0.25, 0.3) is 0 Å². The van der Waals surface area contributed by atoms with E-state index in [-0.39, 0.29) is 11.8 Å². The highest BCUT2D eigenvalue weighted by Gasteiger charge is 2.04. The number of amides is 2. The third kappa shape index (κ3) is 11.6. The van der Waals surface area contributed by atoms with Crippen molar-refractivity contribution in [1.29, 1.82) is 0 Å². The van der Waals surface area contributed by atoms with E-state index in [2.05, 4.69) is 24.5 Å². The second-order valence-electron chi connectivity index (χ2n) is 3.90. The van der Waals surface area contributed by atoms with E-state index in [9.17, 15) is 9.59 Å². The zero-order chi connectivity index (χ0) is 12.9. The Morgan fingerprint density at radius 2 is 1.29 bits per heavy atom. The molecule has 0 aliphatic carbocycles. The lowest BCUT2D eigenvalue weighted by atomic mass is 10.3. The summed E-state index contributed by atoms with van der Waals surface area (Å²) in [6, 6.07) is 0. The van der Waals surface area contributed by atoms with Gasteiger partial charge in [0.1, 0.15) is 0 Å². The minimum atomic E-state index is 0.0183. The molecule has 0 aliphatic heterocycles. The number of nitrogens with one attached hydrogen (secondary N) is 2. The fourth-order valence-corrected chi connectivity index (χ4v) is 1.82. The average Bonchev–Trinajstić information content (AvgIpc) is 2.30. The van der Waals surface area contributed by atoms with Gasteiger partial charge in [-0.1, -0.05) is 26.7 Å². The van der Waals surface area contributed by atoms with E-state index in [0.29, 0.717) is 11.5 Å². The van der Waals surface area contributed by atoms with Crippen LogP contribution in [-0.2, 0) is 9.59 Å². The minimum Gasteiger partial charge on any atom is -0.355 e. The summed E-state index contributed by atoms with van der Waals surface area (Å²) in [7, 11) is 0. The molecule has 100 valence electrons. The molecule has 0 aromatic rings. The van der Waals surface area contributed by atoms with Crippen LogP contribution in [0.3, 0.4) is 0 Å². The highest BCUT2D eigenvalue weighted by atomic mass is 32.2. The molecule has 0 saturated carbocycles. The summed E-state index contributed by atoms with van der Waals surface area (Å²) >= 11 is 1.36. The Bertz CT molecular complexity index is 201. The summed E-state index contributed by atoms with van der Waals surface area (Å²) in [5, 5.41) is 5.64. The van der Waals surface area contributed by atoms with Crippen molar-refractivity contribution >= 4 is 23.6 Å². The van der Waals surface area contributed by atoms with Crippen LogP contribution in [0.1, 0.15) is 39.5 Å². The van der Waals surface area contributed by atoms with Gasteiger partial charge in [0.05, 0.1) is 11.5 Å². The summed E-state index contributed by atoms with van der Waals surface area (Å²) in [4.78, 5) is 22.6. The lowest BCUT2D eigenvalue weighted by molar-refractivity contribution is -0.118. The maximum Gasteiger partial charge on any atom is 0.230 e. The molecule has 0 aromatic heterocycles. The van der Waals surface area contributed by atoms with Crippen LogP contribution in [0, 0.1) is 0 Å². The molecule has 0 fully saturated rings. The van der Waals surface area contributed by atoms with Gasteiger partial charge in [-0.2, -0.15) is 0 Å². The van der Waals surface area contributed by atoms with E-state index in [1.165, 1.54) is 11.8 Å². The number of carbonyl (C=O) groups is 2. The zero-order valence-corrected chi connectivity index (χ0v) is 11.7. The quantitative estimate of drug-likeness (QED) is 0.586. The Labute approximate surface area is 108 Å². The Kier molecular flexibility index (Phi) is 11.3. The molecule has 0 aliphatic rings. The van der Waals surface area contributed by atoms with E-state index in [4.69, 9.17) is 0 Å². The maximum atomic E-state index is 11.3. The lowest BCUT2D eigenvalue weighted by Gasteiger charge is -2.05. The molecule has 0 atom stereocenters. The van der Waals surface area contributed by atoms with E-state index < -0.39 is 0 Å². The summed E-state index contributed by atoms with van der Waals surface area (Å²) < 4.78 is 0. The zero-order valence-electron chi connectivity index (χ0n) is 10.9. The Hall–Kier alpha value is -0.710. The Balaban J connectivity index is 3.36. The molecular formula is C12H24N2O2S. The lowest BCUT2D eigenvalue weighted by Crippen LogP contribution is -2.29. The fourth-order valence-electron chi connectivity index (χ4n) is 1.15. The molecule has 0 spiro atoms. The van der Waals surface area contributed by atoms with E-state index >= 15 is 0 Å². The first-order chi connectivity index (χ1) is 8.20. The minimum absolute atomic E-state index is 0.0183. The number of rotatable bonds is 10. The van der Waals surface area contributed by atoms with Crippen LogP contribution in [0.2, 0.25) is 0 Å². The van der Waals surface area contributed by atoms with Crippen molar-refractivity contribution < 1.29 is 9.59 Å². The van der Waals surface area contributed by atoms with Crippen molar-refractivity contribution in [2.24, 2.45) is 0 Å². The number of carbonyl (C=O) groups excluding carboxylic acids is 2. The van der Waals surface area contributed by atoms with Gasteiger partial charge in [0.25, 0.3) is 0 Å². The number of hydrogen-bond acceptors (Lipinski definition) is 3. The Morgan fingerprint density at radius 1 is 0.882 bits per heavy atom. The second-order valence-corrected chi connectivity index (χ2v) is 4.89. The highest BCUT2D eigenvalue weighted by Crippen LogP contribution is 1.98. The molecular weight excluding hydrogens is 236 g/mol. The molecule has 0 unspecified atom stereocenters. The van der Waals surface area contributed by atoms with Crippen LogP contribution in [0.4, 0.5) is 0 Å². The van der Waals surface area contributed by atoms with Crippen LogP contribution in [0.5, 0.6) is 0 Å². The van der Waals surface area contributed by atoms with Gasteiger partial charge in [0.15, 0.2) is 0 Å². The predicted octanol–water partition coefficient (Wildman–Crippen LogP) is 1.55. The van der Waals surface area contributed by atoms with Crippen molar-refractivity contribution in [3.8, 4) is 0 Å². The van der Waals surface area contributed by atoms with Gasteiger partial charge in [-0.3, -0.25) is 9.59 Å². The number of thioether (sulfide) groups is 1. The van der Waals surface area contributed by atoms with E-state index in [1.54, 1.807) is 0 Å². The molecule has 0 aromatic carbocycles. The van der Waals surface area contributed by atoms with Crippen LogP contribution in [-0.4, -0.2) is 36.4 Å². The van der Waals surface area contributed by atoms with Crippen LogP contribution < -0.4 is 10.6 Å². The van der Waals surface area contributed by atoms with Crippen molar-refractivity contribution in [2.45, 2.75) is 39.5 Å². The van der Waals surface area contributed by atoms with Crippen molar-refractivity contribution in [3.05, 3.63) is 0 Å². The fraction of sp³-hybridized carbons (Fsp3) is 0.833. The smallest absolute Gasteiger partial charge is 0.230 e. The number of unbranched alkanes of at least 4 members (excludes halogenated alkanes) is 2. The van der Waals surface area contributed by atoms with Gasteiger partial charge in [-0.05, 0) is 12.8 Å².